The van der Waals surface area contributed by atoms with Crippen LogP contribution >= 0.6 is 11.8 Å². The Hall–Kier alpha value is 0.300. The van der Waals surface area contributed by atoms with Gasteiger partial charge in [-0.15, -0.1) is 0 Å². The molecule has 0 radical (unpaired) electrons. The maximum absolute atomic E-state index is 11.9. The Morgan fingerprint density at radius 3 is 2.43 bits per heavy atom. The zero-order chi connectivity index (χ0) is 10.3. The summed E-state index contributed by atoms with van der Waals surface area (Å²) >= 11 is 1.93. The maximum atomic E-state index is 11.9. The first kappa shape index (κ1) is 10.8. The second-order valence-electron chi connectivity index (χ2n) is 4.31. The fraction of sp³-hybridized carbons (Fsp3) is 1.00. The number of hydrogen-bond donors (Lipinski definition) is 0. The number of rotatable bonds is 2. The Morgan fingerprint density at radius 2 is 1.86 bits per heavy atom. The average Bonchev–Trinajstić information content (AvgIpc) is 2.65. The highest BCUT2D eigenvalue weighted by Crippen LogP contribution is 2.50. The van der Waals surface area contributed by atoms with Crippen molar-refractivity contribution in [1.29, 1.82) is 0 Å². The summed E-state index contributed by atoms with van der Waals surface area (Å²) in [6, 6.07) is 0. The van der Waals surface area contributed by atoms with Crippen LogP contribution in [0.25, 0.3) is 0 Å². The van der Waals surface area contributed by atoms with Crippen molar-refractivity contribution in [1.82, 2.24) is 0 Å². The fourth-order valence-corrected chi connectivity index (χ4v) is 7.79. The molecule has 0 bridgehead atoms. The van der Waals surface area contributed by atoms with Gasteiger partial charge in [-0.3, -0.25) is 0 Å². The molecule has 0 saturated carbocycles. The van der Waals surface area contributed by atoms with Crippen LogP contribution in [0.3, 0.4) is 0 Å². The molecule has 0 aromatic carbocycles. The monoisotopic (exact) mass is 234 g/mol. The lowest BCUT2D eigenvalue weighted by Gasteiger charge is -2.14. The summed E-state index contributed by atoms with van der Waals surface area (Å²) < 4.78 is 23.7. The summed E-state index contributed by atoms with van der Waals surface area (Å²) in [5.74, 6) is 0.899. The molecule has 2 nitrogen and oxygen atoms in total. The van der Waals surface area contributed by atoms with E-state index in [4.69, 9.17) is 0 Å². The summed E-state index contributed by atoms with van der Waals surface area (Å²) in [4.78, 5) is 0. The average molecular weight is 234 g/mol. The molecular formula is C10H18O2S2. The molecule has 4 heteroatoms. The Morgan fingerprint density at radius 1 is 1.21 bits per heavy atom. The van der Waals surface area contributed by atoms with Crippen molar-refractivity contribution in [3.63, 3.8) is 0 Å². The second-order valence-corrected chi connectivity index (χ2v) is 8.08. The van der Waals surface area contributed by atoms with Crippen LogP contribution in [0.1, 0.15) is 33.1 Å². The molecule has 2 aliphatic heterocycles. The lowest BCUT2D eigenvalue weighted by molar-refractivity contribution is 0.489. The summed E-state index contributed by atoms with van der Waals surface area (Å²) in [6.45, 7) is 4.29. The Balaban J connectivity index is 2.28. The minimum Gasteiger partial charge on any atom is -0.228 e. The molecule has 2 fully saturated rings. The topological polar surface area (TPSA) is 34.1 Å². The van der Waals surface area contributed by atoms with Crippen LogP contribution in [0.15, 0.2) is 0 Å². The molecule has 0 N–H and O–H groups in total. The lowest BCUT2D eigenvalue weighted by Crippen LogP contribution is -2.28. The molecule has 2 aliphatic rings. The van der Waals surface area contributed by atoms with Crippen LogP contribution in [0, 0.1) is 5.92 Å². The largest absolute Gasteiger partial charge is 0.228 e. The van der Waals surface area contributed by atoms with Gasteiger partial charge in [0, 0.05) is 10.5 Å². The van der Waals surface area contributed by atoms with Crippen LogP contribution in [0.2, 0.25) is 0 Å². The zero-order valence-corrected chi connectivity index (χ0v) is 10.4. The Labute approximate surface area is 90.8 Å². The van der Waals surface area contributed by atoms with Gasteiger partial charge in [0.05, 0.1) is 11.0 Å². The van der Waals surface area contributed by atoms with E-state index >= 15 is 0 Å². The van der Waals surface area contributed by atoms with Gasteiger partial charge >= 0.3 is 0 Å². The number of hydrogen-bond acceptors (Lipinski definition) is 3. The molecule has 2 heterocycles. The van der Waals surface area contributed by atoms with Crippen LogP contribution in [-0.4, -0.2) is 29.9 Å². The molecule has 4 unspecified atom stereocenters. The van der Waals surface area contributed by atoms with Crippen molar-refractivity contribution in [3.05, 3.63) is 0 Å². The minimum atomic E-state index is -2.75. The van der Waals surface area contributed by atoms with E-state index in [-0.39, 0.29) is 5.25 Å². The van der Waals surface area contributed by atoms with Gasteiger partial charge in [0.15, 0.2) is 9.84 Å². The highest BCUT2D eigenvalue weighted by molar-refractivity contribution is 8.02. The third-order valence-electron chi connectivity index (χ3n) is 3.57. The second kappa shape index (κ2) is 3.71. The summed E-state index contributed by atoms with van der Waals surface area (Å²) in [7, 11) is -2.75. The van der Waals surface area contributed by atoms with E-state index < -0.39 is 9.84 Å². The minimum absolute atomic E-state index is 0.0116. The lowest BCUT2D eigenvalue weighted by atomic mass is 9.94. The number of fused-ring (bicyclic) bond motifs is 1. The SMILES string of the molecule is CCC1SC(CC)C2C1CCS2(=O)=O. The van der Waals surface area contributed by atoms with Crippen LogP contribution in [0.5, 0.6) is 0 Å². The van der Waals surface area contributed by atoms with Crippen LogP contribution in [-0.2, 0) is 9.84 Å². The van der Waals surface area contributed by atoms with Crippen molar-refractivity contribution in [2.24, 2.45) is 5.92 Å². The van der Waals surface area contributed by atoms with E-state index in [1.54, 1.807) is 0 Å². The van der Waals surface area contributed by atoms with Crippen molar-refractivity contribution >= 4 is 21.6 Å². The molecule has 0 amide bonds. The quantitative estimate of drug-likeness (QED) is 0.734. The first-order valence-corrected chi connectivity index (χ1v) is 8.13. The van der Waals surface area contributed by atoms with Gasteiger partial charge in [-0.1, -0.05) is 13.8 Å². The fourth-order valence-electron chi connectivity index (χ4n) is 2.90. The number of sulfone groups is 1. The highest BCUT2D eigenvalue weighted by atomic mass is 32.2. The van der Waals surface area contributed by atoms with E-state index in [1.807, 2.05) is 11.8 Å². The summed E-state index contributed by atoms with van der Waals surface area (Å²) in [5.41, 5.74) is 0. The molecule has 82 valence electrons. The predicted octanol–water partition coefficient (Wildman–Crippen LogP) is 2.09. The molecule has 2 rings (SSSR count). The summed E-state index contributed by atoms with van der Waals surface area (Å²) in [5, 5.41) is 0.960. The molecule has 4 atom stereocenters. The van der Waals surface area contributed by atoms with Crippen molar-refractivity contribution < 1.29 is 8.42 Å². The predicted molar refractivity (Wildman–Crippen MR) is 61.4 cm³/mol. The highest BCUT2D eigenvalue weighted by Gasteiger charge is 2.52. The van der Waals surface area contributed by atoms with Gasteiger partial charge in [-0.05, 0) is 25.2 Å². The van der Waals surface area contributed by atoms with Crippen LogP contribution in [0.4, 0.5) is 0 Å². The molecule has 14 heavy (non-hydrogen) atoms. The zero-order valence-electron chi connectivity index (χ0n) is 8.77. The van der Waals surface area contributed by atoms with E-state index in [2.05, 4.69) is 13.8 Å². The van der Waals surface area contributed by atoms with E-state index in [9.17, 15) is 8.42 Å². The van der Waals surface area contributed by atoms with Gasteiger partial charge in [-0.25, -0.2) is 8.42 Å². The third-order valence-corrected chi connectivity index (χ3v) is 8.06. The Bertz CT molecular complexity index is 310. The van der Waals surface area contributed by atoms with Crippen molar-refractivity contribution in [2.75, 3.05) is 5.75 Å². The number of thioether (sulfide) groups is 1. The molecule has 0 spiro atoms. The van der Waals surface area contributed by atoms with Crippen molar-refractivity contribution in [3.8, 4) is 0 Å². The first-order valence-electron chi connectivity index (χ1n) is 5.47. The normalized spacial score (nSPS) is 45.3. The summed E-state index contributed by atoms with van der Waals surface area (Å²) in [6.07, 6.45) is 3.04. The van der Waals surface area contributed by atoms with E-state index in [0.29, 0.717) is 22.2 Å². The van der Waals surface area contributed by atoms with Gasteiger partial charge in [0.25, 0.3) is 0 Å². The van der Waals surface area contributed by atoms with Gasteiger partial charge in [0.1, 0.15) is 0 Å². The smallest absolute Gasteiger partial charge is 0.154 e. The molecule has 0 aliphatic carbocycles. The standard InChI is InChI=1S/C10H18O2S2/c1-3-8-7-5-6-14(11,12)10(7)9(4-2)13-8/h7-10H,3-6H2,1-2H3. The van der Waals surface area contributed by atoms with Gasteiger partial charge in [0.2, 0.25) is 0 Å². The molecule has 2 saturated heterocycles. The van der Waals surface area contributed by atoms with Crippen LogP contribution < -0.4 is 0 Å². The van der Waals surface area contributed by atoms with Gasteiger partial charge in [-0.2, -0.15) is 11.8 Å². The van der Waals surface area contributed by atoms with Gasteiger partial charge < -0.3 is 0 Å². The maximum Gasteiger partial charge on any atom is 0.154 e. The Kier molecular flexibility index (Phi) is 2.86. The molecule has 0 aromatic heterocycles. The van der Waals surface area contributed by atoms with Crippen molar-refractivity contribution in [2.45, 2.75) is 48.9 Å². The van der Waals surface area contributed by atoms with E-state index in [0.717, 1.165) is 19.3 Å². The molecular weight excluding hydrogens is 216 g/mol. The third kappa shape index (κ3) is 1.51. The molecule has 0 aromatic rings. The first-order chi connectivity index (χ1) is 6.60. The van der Waals surface area contributed by atoms with E-state index in [1.165, 1.54) is 0 Å².